The zero-order chi connectivity index (χ0) is 14.6. The minimum Gasteiger partial charge on any atom is -0.497 e. The van der Waals surface area contributed by atoms with Crippen molar-refractivity contribution in [1.82, 2.24) is 4.90 Å². The van der Waals surface area contributed by atoms with Crippen LogP contribution in [0.15, 0.2) is 24.3 Å². The molecule has 0 aliphatic heterocycles. The van der Waals surface area contributed by atoms with Gasteiger partial charge in [0.1, 0.15) is 11.5 Å². The molecule has 0 bridgehead atoms. The van der Waals surface area contributed by atoms with Crippen molar-refractivity contribution in [3.8, 4) is 5.75 Å². The van der Waals surface area contributed by atoms with Gasteiger partial charge in [0, 0.05) is 6.42 Å². The van der Waals surface area contributed by atoms with Crippen LogP contribution < -0.4 is 4.74 Å². The molecule has 1 aromatic carbocycles. The summed E-state index contributed by atoms with van der Waals surface area (Å²) in [6.45, 7) is 0.933. The molecule has 1 fully saturated rings. The van der Waals surface area contributed by atoms with Gasteiger partial charge in [-0.1, -0.05) is 18.6 Å². The molecule has 1 saturated carbocycles. The van der Waals surface area contributed by atoms with Crippen molar-refractivity contribution in [1.29, 1.82) is 0 Å². The summed E-state index contributed by atoms with van der Waals surface area (Å²) in [4.78, 5) is 14.8. The molecule has 0 aromatic heterocycles. The summed E-state index contributed by atoms with van der Waals surface area (Å²) < 4.78 is 5.33. The number of methoxy groups -OCH3 is 1. The fraction of sp³-hybridized carbons (Fsp3) is 0.588. The van der Waals surface area contributed by atoms with E-state index in [0.29, 0.717) is 12.2 Å². The van der Waals surface area contributed by atoms with E-state index in [1.807, 2.05) is 18.2 Å². The van der Waals surface area contributed by atoms with Gasteiger partial charge in [-0.3, -0.25) is 4.79 Å². The fourth-order valence-electron chi connectivity index (χ4n) is 3.14. The minimum atomic E-state index is -0.308. The molecule has 1 aliphatic carbocycles. The number of carbonyl (C=O) groups excluding carboxylic acids is 1. The van der Waals surface area contributed by atoms with Gasteiger partial charge in [0.25, 0.3) is 0 Å². The summed E-state index contributed by atoms with van der Waals surface area (Å²) in [5, 5.41) is 0. The molecule has 0 spiro atoms. The summed E-state index contributed by atoms with van der Waals surface area (Å²) in [5.41, 5.74) is 0.820. The highest BCUT2D eigenvalue weighted by molar-refractivity contribution is 5.91. The Labute approximate surface area is 121 Å². The van der Waals surface area contributed by atoms with Gasteiger partial charge in [0.05, 0.1) is 12.5 Å². The monoisotopic (exact) mass is 275 g/mol. The van der Waals surface area contributed by atoms with E-state index >= 15 is 0 Å². The summed E-state index contributed by atoms with van der Waals surface area (Å²) in [6, 6.07) is 8.06. The zero-order valence-electron chi connectivity index (χ0n) is 12.8. The summed E-state index contributed by atoms with van der Waals surface area (Å²) in [6.07, 6.45) is 4.74. The summed E-state index contributed by atoms with van der Waals surface area (Å²) in [5.74, 6) is 1.24. The standard InChI is InChI=1S/C17H25NO2/c1-18(2)12-11-17(10-5-4-9-16(17)19)14-7-6-8-15(13-14)20-3/h6-8,13H,4-5,9-12H2,1-3H3/t17-/m0/s1. The van der Waals surface area contributed by atoms with Crippen molar-refractivity contribution < 1.29 is 9.53 Å². The van der Waals surface area contributed by atoms with Crippen molar-refractivity contribution >= 4 is 5.78 Å². The molecule has 0 radical (unpaired) electrons. The number of rotatable bonds is 5. The number of ether oxygens (including phenoxy) is 1. The van der Waals surface area contributed by atoms with Gasteiger partial charge in [-0.15, -0.1) is 0 Å². The van der Waals surface area contributed by atoms with Gasteiger partial charge in [-0.05, 0) is 57.6 Å². The topological polar surface area (TPSA) is 29.5 Å². The molecule has 1 atom stereocenters. The summed E-state index contributed by atoms with van der Waals surface area (Å²) in [7, 11) is 5.80. The van der Waals surface area contributed by atoms with Gasteiger partial charge in [-0.2, -0.15) is 0 Å². The summed E-state index contributed by atoms with van der Waals surface area (Å²) >= 11 is 0. The van der Waals surface area contributed by atoms with Gasteiger partial charge in [0.2, 0.25) is 0 Å². The number of nitrogens with zero attached hydrogens (tertiary/aromatic N) is 1. The average Bonchev–Trinajstić information content (AvgIpc) is 2.46. The second-order valence-corrected chi connectivity index (χ2v) is 6.00. The molecule has 0 N–H and O–H groups in total. The van der Waals surface area contributed by atoms with E-state index in [2.05, 4.69) is 25.1 Å². The Hall–Kier alpha value is -1.35. The lowest BCUT2D eigenvalue weighted by molar-refractivity contribution is -0.127. The van der Waals surface area contributed by atoms with Crippen LogP contribution >= 0.6 is 0 Å². The maximum absolute atomic E-state index is 12.7. The van der Waals surface area contributed by atoms with Crippen LogP contribution in [0.5, 0.6) is 5.75 Å². The molecular weight excluding hydrogens is 250 g/mol. The maximum Gasteiger partial charge on any atom is 0.143 e. The molecule has 1 aliphatic rings. The van der Waals surface area contributed by atoms with E-state index in [1.54, 1.807) is 7.11 Å². The first-order chi connectivity index (χ1) is 9.58. The predicted octanol–water partition coefficient (Wildman–Crippen LogP) is 3.03. The van der Waals surface area contributed by atoms with Crippen LogP contribution in [-0.4, -0.2) is 38.4 Å². The molecule has 3 nitrogen and oxygen atoms in total. The van der Waals surface area contributed by atoms with Crippen LogP contribution in [0.2, 0.25) is 0 Å². The number of hydrogen-bond acceptors (Lipinski definition) is 3. The van der Waals surface area contributed by atoms with Crippen LogP contribution in [0.4, 0.5) is 0 Å². The number of ketones is 1. The quantitative estimate of drug-likeness (QED) is 0.827. The highest BCUT2D eigenvalue weighted by atomic mass is 16.5. The zero-order valence-corrected chi connectivity index (χ0v) is 12.8. The first kappa shape index (κ1) is 15.0. The third-order valence-electron chi connectivity index (χ3n) is 4.40. The number of benzene rings is 1. The number of carbonyl (C=O) groups is 1. The predicted molar refractivity (Wildman–Crippen MR) is 81.3 cm³/mol. The molecular formula is C17H25NO2. The highest BCUT2D eigenvalue weighted by Gasteiger charge is 2.41. The third-order valence-corrected chi connectivity index (χ3v) is 4.40. The Morgan fingerprint density at radius 3 is 2.75 bits per heavy atom. The molecule has 2 rings (SSSR count). The number of Topliss-reactive ketones (excluding diaryl/α,β-unsaturated/α-hetero) is 1. The van der Waals surface area contributed by atoms with Crippen LogP contribution in [-0.2, 0) is 10.2 Å². The second-order valence-electron chi connectivity index (χ2n) is 6.00. The normalized spacial score (nSPS) is 23.1. The molecule has 0 heterocycles. The van der Waals surface area contributed by atoms with Gasteiger partial charge in [0.15, 0.2) is 0 Å². The minimum absolute atomic E-state index is 0.308. The molecule has 1 aromatic rings. The average molecular weight is 275 g/mol. The molecule has 3 heteroatoms. The fourth-order valence-corrected chi connectivity index (χ4v) is 3.14. The van der Waals surface area contributed by atoms with E-state index < -0.39 is 0 Å². The Kier molecular flexibility index (Phi) is 4.81. The lowest BCUT2D eigenvalue weighted by atomic mass is 9.66. The largest absolute Gasteiger partial charge is 0.497 e. The van der Waals surface area contributed by atoms with Crippen LogP contribution in [0.25, 0.3) is 0 Å². The SMILES string of the molecule is COc1cccc([C@@]2(CCN(C)C)CCCCC2=O)c1. The van der Waals surface area contributed by atoms with Crippen molar-refractivity contribution in [3.05, 3.63) is 29.8 Å². The van der Waals surface area contributed by atoms with Gasteiger partial charge in [-0.25, -0.2) is 0 Å². The van der Waals surface area contributed by atoms with E-state index in [9.17, 15) is 4.79 Å². The molecule has 0 amide bonds. The van der Waals surface area contributed by atoms with Crippen LogP contribution in [0, 0.1) is 0 Å². The smallest absolute Gasteiger partial charge is 0.143 e. The van der Waals surface area contributed by atoms with E-state index in [0.717, 1.165) is 43.5 Å². The molecule has 20 heavy (non-hydrogen) atoms. The van der Waals surface area contributed by atoms with Gasteiger partial charge >= 0.3 is 0 Å². The Morgan fingerprint density at radius 1 is 1.30 bits per heavy atom. The van der Waals surface area contributed by atoms with Crippen LogP contribution in [0.1, 0.15) is 37.7 Å². The first-order valence-electron chi connectivity index (χ1n) is 7.41. The van der Waals surface area contributed by atoms with Crippen molar-refractivity contribution in [3.63, 3.8) is 0 Å². The molecule has 0 saturated heterocycles. The molecule has 0 unspecified atom stereocenters. The maximum atomic E-state index is 12.7. The number of hydrogen-bond donors (Lipinski definition) is 0. The lowest BCUT2D eigenvalue weighted by Gasteiger charge is -2.37. The first-order valence-corrected chi connectivity index (χ1v) is 7.41. The second kappa shape index (κ2) is 6.40. The van der Waals surface area contributed by atoms with Crippen molar-refractivity contribution in [2.24, 2.45) is 0 Å². The molecule has 110 valence electrons. The van der Waals surface area contributed by atoms with E-state index in [4.69, 9.17) is 4.74 Å². The lowest BCUT2D eigenvalue weighted by Crippen LogP contribution is -2.41. The van der Waals surface area contributed by atoms with E-state index in [-0.39, 0.29) is 5.41 Å². The Bertz CT molecular complexity index is 470. The Morgan fingerprint density at radius 2 is 2.10 bits per heavy atom. The Balaban J connectivity index is 2.36. The van der Waals surface area contributed by atoms with Crippen molar-refractivity contribution in [2.45, 2.75) is 37.5 Å². The highest BCUT2D eigenvalue weighted by Crippen LogP contribution is 2.40. The van der Waals surface area contributed by atoms with E-state index in [1.165, 1.54) is 0 Å². The van der Waals surface area contributed by atoms with Gasteiger partial charge < -0.3 is 9.64 Å². The third kappa shape index (κ3) is 3.04. The van der Waals surface area contributed by atoms with Crippen molar-refractivity contribution in [2.75, 3.05) is 27.7 Å². The van der Waals surface area contributed by atoms with Crippen LogP contribution in [0.3, 0.4) is 0 Å².